The van der Waals surface area contributed by atoms with Crippen LogP contribution in [0.5, 0.6) is 0 Å². The lowest BCUT2D eigenvalue weighted by molar-refractivity contribution is 0.655. The summed E-state index contributed by atoms with van der Waals surface area (Å²) in [5, 5.41) is 0. The van der Waals surface area contributed by atoms with Crippen molar-refractivity contribution in [1.82, 2.24) is 0 Å². The predicted octanol–water partition coefficient (Wildman–Crippen LogP) is 2.44. The molecular formula is C6H9F. The predicted molar refractivity (Wildman–Crippen MR) is 29.7 cm³/mol. The maximum Gasteiger partial charge on any atom is 0.118 e. The molecule has 0 saturated heterocycles. The highest BCUT2D eigenvalue weighted by molar-refractivity contribution is 5.18. The van der Waals surface area contributed by atoms with E-state index < -0.39 is 0 Å². The molecule has 0 aromatic heterocycles. The fourth-order valence-electron chi connectivity index (χ4n) is 0.157. The van der Waals surface area contributed by atoms with E-state index in [2.05, 4.69) is 6.58 Å². The van der Waals surface area contributed by atoms with E-state index in [1.165, 1.54) is 0 Å². The van der Waals surface area contributed by atoms with Crippen molar-refractivity contribution in [3.63, 3.8) is 0 Å². The summed E-state index contributed by atoms with van der Waals surface area (Å²) in [6.07, 6.45) is 1.68. The fraction of sp³-hybridized carbons (Fsp3) is 0.333. The second-order valence-electron chi connectivity index (χ2n) is 1.38. The molecule has 0 aliphatic heterocycles. The molecule has 0 fully saturated rings. The van der Waals surface area contributed by atoms with Gasteiger partial charge in [0.05, 0.1) is 0 Å². The van der Waals surface area contributed by atoms with Crippen LogP contribution >= 0.6 is 0 Å². The lowest BCUT2D eigenvalue weighted by atomic mass is 10.3. The second-order valence-corrected chi connectivity index (χ2v) is 1.38. The van der Waals surface area contributed by atoms with Crippen LogP contribution in [0.3, 0.4) is 0 Å². The van der Waals surface area contributed by atoms with Crippen molar-refractivity contribution in [3.8, 4) is 0 Å². The van der Waals surface area contributed by atoms with E-state index >= 15 is 0 Å². The van der Waals surface area contributed by atoms with Crippen LogP contribution in [0.25, 0.3) is 0 Å². The molecule has 0 amide bonds. The van der Waals surface area contributed by atoms with Gasteiger partial charge in [0.2, 0.25) is 0 Å². The van der Waals surface area contributed by atoms with Crippen molar-refractivity contribution in [1.29, 1.82) is 0 Å². The van der Waals surface area contributed by atoms with Crippen LogP contribution in [0.1, 0.15) is 13.8 Å². The molecule has 0 aliphatic rings. The smallest absolute Gasteiger partial charge is 0.118 e. The first-order chi connectivity index (χ1) is 3.18. The maximum atomic E-state index is 11.8. The van der Waals surface area contributed by atoms with Gasteiger partial charge in [0, 0.05) is 0 Å². The highest BCUT2D eigenvalue weighted by Gasteiger charge is 1.86. The van der Waals surface area contributed by atoms with E-state index in [1.54, 1.807) is 19.9 Å². The number of hydrogen-bond acceptors (Lipinski definition) is 0. The Bertz CT molecular complexity index is 101. The van der Waals surface area contributed by atoms with E-state index in [1.807, 2.05) is 0 Å². The molecule has 0 aliphatic carbocycles. The van der Waals surface area contributed by atoms with Gasteiger partial charge in [-0.3, -0.25) is 0 Å². The van der Waals surface area contributed by atoms with E-state index in [-0.39, 0.29) is 5.83 Å². The van der Waals surface area contributed by atoms with Gasteiger partial charge in [0.25, 0.3) is 0 Å². The molecule has 0 atom stereocenters. The van der Waals surface area contributed by atoms with Gasteiger partial charge in [-0.05, 0) is 19.4 Å². The van der Waals surface area contributed by atoms with Crippen LogP contribution in [0.4, 0.5) is 4.39 Å². The summed E-state index contributed by atoms with van der Waals surface area (Å²) >= 11 is 0. The Hall–Kier alpha value is -0.590. The highest BCUT2D eigenvalue weighted by Crippen LogP contribution is 2.05. The number of allylic oxidation sites excluding steroid dienone is 3. The van der Waals surface area contributed by atoms with E-state index in [9.17, 15) is 4.39 Å². The molecular weight excluding hydrogens is 91.1 g/mol. The molecule has 40 valence electrons. The molecule has 0 radical (unpaired) electrons. The van der Waals surface area contributed by atoms with Crippen molar-refractivity contribution in [2.24, 2.45) is 0 Å². The first-order valence-electron chi connectivity index (χ1n) is 2.16. The first-order valence-corrected chi connectivity index (χ1v) is 2.16. The van der Waals surface area contributed by atoms with Crippen molar-refractivity contribution in [3.05, 3.63) is 24.1 Å². The van der Waals surface area contributed by atoms with Crippen LogP contribution in [-0.4, -0.2) is 0 Å². The summed E-state index contributed by atoms with van der Waals surface area (Å²) in [7, 11) is 0. The summed E-state index contributed by atoms with van der Waals surface area (Å²) < 4.78 is 11.8. The molecule has 0 heterocycles. The fourth-order valence-corrected chi connectivity index (χ4v) is 0.157. The minimum Gasteiger partial charge on any atom is -0.207 e. The molecule has 0 aromatic carbocycles. The van der Waals surface area contributed by atoms with Gasteiger partial charge in [-0.15, -0.1) is 0 Å². The van der Waals surface area contributed by atoms with Gasteiger partial charge in [-0.25, -0.2) is 4.39 Å². The molecule has 0 aromatic rings. The van der Waals surface area contributed by atoms with Gasteiger partial charge in [-0.1, -0.05) is 12.7 Å². The lowest BCUT2D eigenvalue weighted by Crippen LogP contribution is -1.69. The van der Waals surface area contributed by atoms with E-state index in [0.29, 0.717) is 5.57 Å². The minimum atomic E-state index is -0.345. The zero-order valence-corrected chi connectivity index (χ0v) is 4.66. The summed E-state index contributed by atoms with van der Waals surface area (Å²) in [6.45, 7) is 6.55. The van der Waals surface area contributed by atoms with Crippen molar-refractivity contribution in [2.75, 3.05) is 0 Å². The first kappa shape index (κ1) is 6.41. The van der Waals surface area contributed by atoms with Gasteiger partial charge < -0.3 is 0 Å². The average molecular weight is 100 g/mol. The van der Waals surface area contributed by atoms with E-state index in [0.717, 1.165) is 0 Å². The third-order valence-electron chi connectivity index (χ3n) is 0.861. The minimum absolute atomic E-state index is 0.345. The van der Waals surface area contributed by atoms with Crippen LogP contribution in [-0.2, 0) is 0 Å². The largest absolute Gasteiger partial charge is 0.207 e. The highest BCUT2D eigenvalue weighted by atomic mass is 19.1. The molecule has 0 bridgehead atoms. The SMILES string of the molecule is C=C(F)C(C)=CC. The number of halogens is 1. The van der Waals surface area contributed by atoms with Gasteiger partial charge >= 0.3 is 0 Å². The molecule has 1 heteroatoms. The zero-order valence-electron chi connectivity index (χ0n) is 4.66. The Morgan fingerprint density at radius 1 is 1.71 bits per heavy atom. The second kappa shape index (κ2) is 2.56. The van der Waals surface area contributed by atoms with Gasteiger partial charge in [0.1, 0.15) is 5.83 Å². The number of hydrogen-bond donors (Lipinski definition) is 0. The zero-order chi connectivity index (χ0) is 5.86. The summed E-state index contributed by atoms with van der Waals surface area (Å²) in [6, 6.07) is 0. The lowest BCUT2D eigenvalue weighted by Gasteiger charge is -1.87. The van der Waals surface area contributed by atoms with Gasteiger partial charge in [0.15, 0.2) is 0 Å². The maximum absolute atomic E-state index is 11.8. The quantitative estimate of drug-likeness (QED) is 0.444. The summed E-state index contributed by atoms with van der Waals surface area (Å²) in [4.78, 5) is 0. The third-order valence-corrected chi connectivity index (χ3v) is 0.861. The van der Waals surface area contributed by atoms with Crippen LogP contribution < -0.4 is 0 Å². The summed E-state index contributed by atoms with van der Waals surface area (Å²) in [5.74, 6) is -0.345. The van der Waals surface area contributed by atoms with Crippen molar-refractivity contribution >= 4 is 0 Å². The normalized spacial score (nSPS) is 11.6. The number of rotatable bonds is 1. The summed E-state index contributed by atoms with van der Waals surface area (Å²) in [5.41, 5.74) is 0.611. The molecule has 7 heavy (non-hydrogen) atoms. The van der Waals surface area contributed by atoms with Crippen molar-refractivity contribution in [2.45, 2.75) is 13.8 Å². The van der Waals surface area contributed by atoms with Gasteiger partial charge in [-0.2, -0.15) is 0 Å². The van der Waals surface area contributed by atoms with Crippen LogP contribution in [0, 0.1) is 0 Å². The molecule has 0 N–H and O–H groups in total. The molecule has 0 nitrogen and oxygen atoms in total. The van der Waals surface area contributed by atoms with Crippen molar-refractivity contribution < 1.29 is 4.39 Å². The van der Waals surface area contributed by atoms with Crippen LogP contribution in [0.2, 0.25) is 0 Å². The average Bonchev–Trinajstić information content (AvgIpc) is 1.65. The molecule has 0 unspecified atom stereocenters. The van der Waals surface area contributed by atoms with E-state index in [4.69, 9.17) is 0 Å². The Morgan fingerprint density at radius 3 is 2.14 bits per heavy atom. The Kier molecular flexibility index (Phi) is 2.34. The molecule has 0 spiro atoms. The Labute approximate surface area is 43.4 Å². The third kappa shape index (κ3) is 2.15. The Morgan fingerprint density at radius 2 is 2.14 bits per heavy atom. The standard InChI is InChI=1S/C6H9F/c1-4-5(2)6(3)7/h4H,3H2,1-2H3. The van der Waals surface area contributed by atoms with Crippen LogP contribution in [0.15, 0.2) is 24.1 Å². The Balaban J connectivity index is 3.82. The topological polar surface area (TPSA) is 0 Å². The molecule has 0 saturated carbocycles. The monoisotopic (exact) mass is 100 g/mol. The molecule has 0 rings (SSSR count).